The Hall–Kier alpha value is -2.37. The molecular formula is C24H30N2O3. The van der Waals surface area contributed by atoms with E-state index in [9.17, 15) is 4.79 Å². The molecule has 5 heteroatoms. The van der Waals surface area contributed by atoms with Gasteiger partial charge in [0.05, 0.1) is 25.2 Å². The SMILES string of the molecule is COc1ccc(N2CCN(CC(C)(C=O)C3OCCc4ccccc43)CC2)cc1. The Labute approximate surface area is 173 Å². The molecule has 0 N–H and O–H groups in total. The van der Waals surface area contributed by atoms with Gasteiger partial charge in [-0.05, 0) is 48.7 Å². The normalized spacial score (nSPS) is 21.9. The molecule has 0 saturated carbocycles. The summed E-state index contributed by atoms with van der Waals surface area (Å²) in [6, 6.07) is 16.6. The number of aldehydes is 1. The zero-order chi connectivity index (χ0) is 20.3. The summed E-state index contributed by atoms with van der Waals surface area (Å²) in [6.45, 7) is 7.20. The number of carbonyl (C=O) groups excluding carboxylic acids is 1. The number of ether oxygens (including phenoxy) is 2. The maximum atomic E-state index is 12.2. The lowest BCUT2D eigenvalue weighted by molar-refractivity contribution is -0.129. The molecule has 0 aliphatic carbocycles. The van der Waals surface area contributed by atoms with Crippen molar-refractivity contribution in [2.45, 2.75) is 19.4 Å². The van der Waals surface area contributed by atoms with Crippen LogP contribution in [0.25, 0.3) is 0 Å². The largest absolute Gasteiger partial charge is 0.497 e. The van der Waals surface area contributed by atoms with Crippen LogP contribution in [0.5, 0.6) is 5.75 Å². The number of carbonyl (C=O) groups is 1. The Morgan fingerprint density at radius 3 is 2.52 bits per heavy atom. The number of methoxy groups -OCH3 is 1. The van der Waals surface area contributed by atoms with E-state index < -0.39 is 5.41 Å². The molecule has 2 unspecified atom stereocenters. The fraction of sp³-hybridized carbons (Fsp3) is 0.458. The molecule has 0 spiro atoms. The van der Waals surface area contributed by atoms with Gasteiger partial charge < -0.3 is 19.2 Å². The smallest absolute Gasteiger partial charge is 0.130 e. The highest BCUT2D eigenvalue weighted by Gasteiger charge is 2.40. The number of benzene rings is 2. The van der Waals surface area contributed by atoms with Gasteiger partial charge in [-0.25, -0.2) is 0 Å². The standard InChI is InChI=1S/C24H30N2O3/c1-24(18-27,23-22-6-4-3-5-19(22)11-16-29-23)17-25-12-14-26(15-13-25)20-7-9-21(28-2)10-8-20/h3-10,18,23H,11-17H2,1-2H3. The summed E-state index contributed by atoms with van der Waals surface area (Å²) in [7, 11) is 1.69. The fourth-order valence-electron chi connectivity index (χ4n) is 4.56. The van der Waals surface area contributed by atoms with Crippen LogP contribution in [-0.2, 0) is 16.0 Å². The Bertz CT molecular complexity index is 830. The molecule has 1 fully saturated rings. The van der Waals surface area contributed by atoms with Crippen molar-refractivity contribution in [1.29, 1.82) is 0 Å². The summed E-state index contributed by atoms with van der Waals surface area (Å²) < 4.78 is 11.4. The highest BCUT2D eigenvalue weighted by Crippen LogP contribution is 2.40. The zero-order valence-electron chi connectivity index (χ0n) is 17.3. The second kappa shape index (κ2) is 8.56. The van der Waals surface area contributed by atoms with Gasteiger partial charge in [-0.2, -0.15) is 0 Å². The van der Waals surface area contributed by atoms with E-state index in [4.69, 9.17) is 9.47 Å². The topological polar surface area (TPSA) is 42.0 Å². The minimum Gasteiger partial charge on any atom is -0.497 e. The van der Waals surface area contributed by atoms with Gasteiger partial charge in [0, 0.05) is 38.4 Å². The molecule has 0 aromatic heterocycles. The molecule has 2 aromatic rings. The summed E-state index contributed by atoms with van der Waals surface area (Å²) in [4.78, 5) is 17.0. The van der Waals surface area contributed by atoms with Gasteiger partial charge in [-0.15, -0.1) is 0 Å². The molecule has 0 amide bonds. The zero-order valence-corrected chi connectivity index (χ0v) is 17.3. The van der Waals surface area contributed by atoms with Crippen molar-refractivity contribution >= 4 is 12.0 Å². The molecule has 2 aliphatic heterocycles. The van der Waals surface area contributed by atoms with Gasteiger partial charge in [0.25, 0.3) is 0 Å². The molecule has 2 aromatic carbocycles. The molecule has 29 heavy (non-hydrogen) atoms. The summed E-state index contributed by atoms with van der Waals surface area (Å²) in [5, 5.41) is 0. The highest BCUT2D eigenvalue weighted by atomic mass is 16.5. The van der Waals surface area contributed by atoms with E-state index in [0.717, 1.165) is 44.6 Å². The first kappa shape index (κ1) is 19.9. The van der Waals surface area contributed by atoms with E-state index in [1.807, 2.05) is 25.1 Å². The summed E-state index contributed by atoms with van der Waals surface area (Å²) in [5.74, 6) is 0.877. The van der Waals surface area contributed by atoms with Gasteiger partial charge in [0.15, 0.2) is 0 Å². The second-order valence-corrected chi connectivity index (χ2v) is 8.28. The molecule has 5 nitrogen and oxygen atoms in total. The van der Waals surface area contributed by atoms with Gasteiger partial charge in [0.1, 0.15) is 12.0 Å². The molecule has 2 aliphatic rings. The third-order valence-electron chi connectivity index (χ3n) is 6.24. The fourth-order valence-corrected chi connectivity index (χ4v) is 4.56. The molecule has 4 rings (SSSR count). The molecule has 2 heterocycles. The number of hydrogen-bond donors (Lipinski definition) is 0. The van der Waals surface area contributed by atoms with Crippen molar-refractivity contribution in [2.24, 2.45) is 5.41 Å². The Kier molecular flexibility index (Phi) is 5.88. The molecule has 0 radical (unpaired) electrons. The number of rotatable bonds is 6. The maximum absolute atomic E-state index is 12.2. The van der Waals surface area contributed by atoms with Crippen molar-refractivity contribution in [3.8, 4) is 5.75 Å². The van der Waals surface area contributed by atoms with Gasteiger partial charge in [-0.3, -0.25) is 4.90 Å². The van der Waals surface area contributed by atoms with E-state index in [1.165, 1.54) is 16.8 Å². The third kappa shape index (κ3) is 4.16. The number of piperazine rings is 1. The van der Waals surface area contributed by atoms with Crippen molar-refractivity contribution in [3.05, 3.63) is 59.7 Å². The molecule has 154 valence electrons. The first-order valence-electron chi connectivity index (χ1n) is 10.4. The monoisotopic (exact) mass is 394 g/mol. The number of anilines is 1. The van der Waals surface area contributed by atoms with Crippen LogP contribution < -0.4 is 9.64 Å². The average molecular weight is 395 g/mol. The summed E-state index contributed by atoms with van der Waals surface area (Å²) in [5.41, 5.74) is 3.14. The minimum absolute atomic E-state index is 0.176. The summed E-state index contributed by atoms with van der Waals surface area (Å²) in [6.07, 6.45) is 1.85. The van der Waals surface area contributed by atoms with Crippen LogP contribution in [0.4, 0.5) is 5.69 Å². The minimum atomic E-state index is -0.557. The van der Waals surface area contributed by atoms with E-state index in [-0.39, 0.29) is 6.10 Å². The lowest BCUT2D eigenvalue weighted by Crippen LogP contribution is -2.51. The number of hydrogen-bond acceptors (Lipinski definition) is 5. The van der Waals surface area contributed by atoms with E-state index >= 15 is 0 Å². The Morgan fingerprint density at radius 2 is 1.83 bits per heavy atom. The third-order valence-corrected chi connectivity index (χ3v) is 6.24. The van der Waals surface area contributed by atoms with Crippen LogP contribution in [0.15, 0.2) is 48.5 Å². The van der Waals surface area contributed by atoms with E-state index in [2.05, 4.69) is 40.1 Å². The van der Waals surface area contributed by atoms with E-state index in [0.29, 0.717) is 13.2 Å². The molecular weight excluding hydrogens is 364 g/mol. The molecule has 0 bridgehead atoms. The van der Waals surface area contributed by atoms with Gasteiger partial charge in [0.2, 0.25) is 0 Å². The van der Waals surface area contributed by atoms with Crippen LogP contribution in [0.3, 0.4) is 0 Å². The highest BCUT2D eigenvalue weighted by molar-refractivity contribution is 5.62. The Balaban J connectivity index is 1.41. The van der Waals surface area contributed by atoms with Crippen molar-refractivity contribution in [2.75, 3.05) is 51.3 Å². The average Bonchev–Trinajstić information content (AvgIpc) is 2.79. The van der Waals surface area contributed by atoms with Crippen LogP contribution in [0, 0.1) is 5.41 Å². The van der Waals surface area contributed by atoms with Crippen molar-refractivity contribution in [3.63, 3.8) is 0 Å². The van der Waals surface area contributed by atoms with Crippen LogP contribution in [-0.4, -0.2) is 57.6 Å². The predicted octanol–water partition coefficient (Wildman–Crippen LogP) is 3.34. The first-order chi connectivity index (χ1) is 14.1. The number of nitrogens with zero attached hydrogens (tertiary/aromatic N) is 2. The molecule has 1 saturated heterocycles. The van der Waals surface area contributed by atoms with Gasteiger partial charge >= 0.3 is 0 Å². The lowest BCUT2D eigenvalue weighted by atomic mass is 9.78. The number of fused-ring (bicyclic) bond motifs is 1. The second-order valence-electron chi connectivity index (χ2n) is 8.28. The quantitative estimate of drug-likeness (QED) is 0.703. The van der Waals surface area contributed by atoms with Crippen molar-refractivity contribution in [1.82, 2.24) is 4.90 Å². The lowest BCUT2D eigenvalue weighted by Gasteiger charge is -2.43. The van der Waals surface area contributed by atoms with Crippen LogP contribution >= 0.6 is 0 Å². The predicted molar refractivity (Wildman–Crippen MR) is 115 cm³/mol. The van der Waals surface area contributed by atoms with Crippen LogP contribution in [0.1, 0.15) is 24.2 Å². The van der Waals surface area contributed by atoms with Crippen LogP contribution in [0.2, 0.25) is 0 Å². The Morgan fingerprint density at radius 1 is 1.10 bits per heavy atom. The summed E-state index contributed by atoms with van der Waals surface area (Å²) >= 11 is 0. The van der Waals surface area contributed by atoms with Crippen molar-refractivity contribution < 1.29 is 14.3 Å². The van der Waals surface area contributed by atoms with E-state index in [1.54, 1.807) is 7.11 Å². The maximum Gasteiger partial charge on any atom is 0.130 e. The van der Waals surface area contributed by atoms with Gasteiger partial charge in [-0.1, -0.05) is 24.3 Å². The first-order valence-corrected chi connectivity index (χ1v) is 10.4. The molecule has 2 atom stereocenters.